The van der Waals surface area contributed by atoms with E-state index in [2.05, 4.69) is 10.6 Å². The van der Waals surface area contributed by atoms with Crippen LogP contribution >= 0.6 is 0 Å². The predicted molar refractivity (Wildman–Crippen MR) is 123 cm³/mol. The summed E-state index contributed by atoms with van der Waals surface area (Å²) in [5, 5.41) is 5.31. The zero-order valence-corrected chi connectivity index (χ0v) is 19.3. The molecule has 9 heteroatoms. The van der Waals surface area contributed by atoms with Crippen molar-refractivity contribution in [2.75, 3.05) is 39.7 Å². The number of ether oxygens (including phenoxy) is 3. The normalized spacial score (nSPS) is 12.5. The molecule has 1 fully saturated rings. The molecular formula is C24H29N3O6. The summed E-state index contributed by atoms with van der Waals surface area (Å²) < 4.78 is 16.0. The molecule has 0 saturated heterocycles. The van der Waals surface area contributed by atoms with Gasteiger partial charge in [0.2, 0.25) is 17.6 Å². The number of aryl methyl sites for hydroxylation is 1. The van der Waals surface area contributed by atoms with Crippen molar-refractivity contribution in [3.05, 3.63) is 47.5 Å². The number of hydrogen-bond acceptors (Lipinski definition) is 6. The lowest BCUT2D eigenvalue weighted by atomic mass is 10.1. The number of rotatable bonds is 10. The van der Waals surface area contributed by atoms with Crippen LogP contribution in [0.2, 0.25) is 0 Å². The molecule has 33 heavy (non-hydrogen) atoms. The van der Waals surface area contributed by atoms with E-state index in [1.165, 1.54) is 26.2 Å². The summed E-state index contributed by atoms with van der Waals surface area (Å²) in [6.07, 6.45) is 1.63. The minimum absolute atomic E-state index is 0.0243. The van der Waals surface area contributed by atoms with Crippen molar-refractivity contribution in [2.24, 2.45) is 0 Å². The van der Waals surface area contributed by atoms with Gasteiger partial charge in [0.25, 0.3) is 5.91 Å². The van der Waals surface area contributed by atoms with E-state index in [9.17, 15) is 14.4 Å². The Balaban J connectivity index is 1.63. The number of benzene rings is 2. The van der Waals surface area contributed by atoms with Crippen molar-refractivity contribution >= 4 is 23.4 Å². The standard InChI is InChI=1S/C24H29N3O6/c1-15-5-7-17(8-6-15)26-21(28)13-25-22(29)14-27(18-9-10-18)24(30)16-11-19(31-2)23(33-4)20(12-16)32-3/h5-8,11-12,18H,9-10,13-14H2,1-4H3,(H,25,29)(H,26,28). The highest BCUT2D eigenvalue weighted by atomic mass is 16.5. The van der Waals surface area contributed by atoms with Gasteiger partial charge in [-0.2, -0.15) is 0 Å². The summed E-state index contributed by atoms with van der Waals surface area (Å²) in [6, 6.07) is 10.5. The molecule has 9 nitrogen and oxygen atoms in total. The number of nitrogens with one attached hydrogen (secondary N) is 2. The molecule has 3 amide bonds. The molecule has 0 unspecified atom stereocenters. The van der Waals surface area contributed by atoms with Gasteiger partial charge in [-0.1, -0.05) is 17.7 Å². The Morgan fingerprint density at radius 3 is 2.06 bits per heavy atom. The van der Waals surface area contributed by atoms with Crippen LogP contribution in [0, 0.1) is 6.92 Å². The number of anilines is 1. The molecule has 0 radical (unpaired) electrons. The van der Waals surface area contributed by atoms with Crippen LogP contribution in [-0.2, 0) is 9.59 Å². The average molecular weight is 456 g/mol. The summed E-state index contributed by atoms with van der Waals surface area (Å²) >= 11 is 0. The Morgan fingerprint density at radius 1 is 0.939 bits per heavy atom. The van der Waals surface area contributed by atoms with Gasteiger partial charge in [0.15, 0.2) is 11.5 Å². The molecule has 2 aromatic rings. The van der Waals surface area contributed by atoms with E-state index in [0.717, 1.165) is 18.4 Å². The first-order valence-corrected chi connectivity index (χ1v) is 10.6. The Kier molecular flexibility index (Phi) is 7.76. The van der Waals surface area contributed by atoms with Crippen LogP contribution in [0.15, 0.2) is 36.4 Å². The second-order valence-electron chi connectivity index (χ2n) is 7.77. The number of carbonyl (C=O) groups excluding carboxylic acids is 3. The lowest BCUT2D eigenvalue weighted by Gasteiger charge is -2.23. The summed E-state index contributed by atoms with van der Waals surface area (Å²) in [4.78, 5) is 39.4. The van der Waals surface area contributed by atoms with Gasteiger partial charge in [-0.25, -0.2) is 0 Å². The van der Waals surface area contributed by atoms with Crippen molar-refractivity contribution in [3.63, 3.8) is 0 Å². The molecule has 2 N–H and O–H groups in total. The third kappa shape index (κ3) is 6.15. The van der Waals surface area contributed by atoms with Gasteiger partial charge in [0, 0.05) is 17.3 Å². The molecule has 0 aromatic heterocycles. The fourth-order valence-corrected chi connectivity index (χ4v) is 3.35. The quantitative estimate of drug-likeness (QED) is 0.570. The summed E-state index contributed by atoms with van der Waals surface area (Å²) in [5.41, 5.74) is 2.05. The molecule has 3 rings (SSSR count). The van der Waals surface area contributed by atoms with Crippen molar-refractivity contribution in [3.8, 4) is 17.2 Å². The van der Waals surface area contributed by atoms with E-state index in [1.54, 1.807) is 24.3 Å². The van der Waals surface area contributed by atoms with Crippen LogP contribution < -0.4 is 24.8 Å². The lowest BCUT2D eigenvalue weighted by Crippen LogP contribution is -2.43. The first kappa shape index (κ1) is 23.9. The molecule has 0 heterocycles. The van der Waals surface area contributed by atoms with Gasteiger partial charge in [0.05, 0.1) is 27.9 Å². The zero-order valence-electron chi connectivity index (χ0n) is 19.3. The highest BCUT2D eigenvalue weighted by molar-refractivity contribution is 5.99. The Hall–Kier alpha value is -3.75. The van der Waals surface area contributed by atoms with E-state index in [1.807, 2.05) is 19.1 Å². The highest BCUT2D eigenvalue weighted by Crippen LogP contribution is 2.39. The molecule has 0 spiro atoms. The second kappa shape index (κ2) is 10.7. The minimum atomic E-state index is -0.415. The Morgan fingerprint density at radius 2 is 1.55 bits per heavy atom. The molecule has 0 aliphatic heterocycles. The van der Waals surface area contributed by atoms with Gasteiger partial charge in [-0.15, -0.1) is 0 Å². The Labute approximate surface area is 193 Å². The summed E-state index contributed by atoms with van der Waals surface area (Å²) in [6.45, 7) is 1.61. The summed E-state index contributed by atoms with van der Waals surface area (Å²) in [7, 11) is 4.43. The van der Waals surface area contributed by atoms with E-state index in [4.69, 9.17) is 14.2 Å². The fourth-order valence-electron chi connectivity index (χ4n) is 3.35. The maximum atomic E-state index is 13.2. The maximum absolute atomic E-state index is 13.2. The van der Waals surface area contributed by atoms with E-state index >= 15 is 0 Å². The molecule has 1 aliphatic carbocycles. The molecule has 1 saturated carbocycles. The molecular weight excluding hydrogens is 426 g/mol. The number of carbonyl (C=O) groups is 3. The van der Waals surface area contributed by atoms with Gasteiger partial charge in [0.1, 0.15) is 6.54 Å². The first-order chi connectivity index (χ1) is 15.9. The predicted octanol–water partition coefficient (Wildman–Crippen LogP) is 2.38. The molecule has 176 valence electrons. The number of nitrogens with zero attached hydrogens (tertiary/aromatic N) is 1. The maximum Gasteiger partial charge on any atom is 0.254 e. The van der Waals surface area contributed by atoms with Crippen molar-refractivity contribution < 1.29 is 28.6 Å². The minimum Gasteiger partial charge on any atom is -0.493 e. The zero-order chi connectivity index (χ0) is 24.0. The average Bonchev–Trinajstić information content (AvgIpc) is 3.66. The Bertz CT molecular complexity index is 992. The first-order valence-electron chi connectivity index (χ1n) is 10.6. The van der Waals surface area contributed by atoms with E-state index in [0.29, 0.717) is 28.5 Å². The van der Waals surface area contributed by atoms with Crippen LogP contribution in [0.1, 0.15) is 28.8 Å². The van der Waals surface area contributed by atoms with Gasteiger partial charge >= 0.3 is 0 Å². The van der Waals surface area contributed by atoms with Crippen molar-refractivity contribution in [2.45, 2.75) is 25.8 Å². The summed E-state index contributed by atoms with van der Waals surface area (Å²) in [5.74, 6) is 0.00657. The SMILES string of the molecule is COc1cc(C(=O)N(CC(=O)NCC(=O)Nc2ccc(C)cc2)C2CC2)cc(OC)c1OC. The third-order valence-electron chi connectivity index (χ3n) is 5.26. The van der Waals surface area contributed by atoms with Crippen LogP contribution in [0.25, 0.3) is 0 Å². The van der Waals surface area contributed by atoms with Crippen molar-refractivity contribution in [1.82, 2.24) is 10.2 Å². The van der Waals surface area contributed by atoms with Gasteiger partial charge < -0.3 is 29.7 Å². The monoisotopic (exact) mass is 455 g/mol. The number of amides is 3. The number of hydrogen-bond donors (Lipinski definition) is 2. The number of methoxy groups -OCH3 is 3. The third-order valence-corrected chi connectivity index (χ3v) is 5.26. The largest absolute Gasteiger partial charge is 0.493 e. The molecule has 0 bridgehead atoms. The molecule has 1 aliphatic rings. The van der Waals surface area contributed by atoms with Crippen LogP contribution in [-0.4, -0.2) is 63.1 Å². The van der Waals surface area contributed by atoms with Crippen LogP contribution in [0.5, 0.6) is 17.2 Å². The second-order valence-corrected chi connectivity index (χ2v) is 7.77. The molecule has 2 aromatic carbocycles. The van der Waals surface area contributed by atoms with E-state index in [-0.39, 0.29) is 30.9 Å². The highest BCUT2D eigenvalue weighted by Gasteiger charge is 2.35. The van der Waals surface area contributed by atoms with Crippen molar-refractivity contribution in [1.29, 1.82) is 0 Å². The van der Waals surface area contributed by atoms with Crippen LogP contribution in [0.3, 0.4) is 0 Å². The topological polar surface area (TPSA) is 106 Å². The fraction of sp³-hybridized carbons (Fsp3) is 0.375. The smallest absolute Gasteiger partial charge is 0.254 e. The lowest BCUT2D eigenvalue weighted by molar-refractivity contribution is -0.124. The van der Waals surface area contributed by atoms with Gasteiger partial charge in [-0.05, 0) is 44.0 Å². The molecule has 0 atom stereocenters. The van der Waals surface area contributed by atoms with Crippen LogP contribution in [0.4, 0.5) is 5.69 Å². The van der Waals surface area contributed by atoms with E-state index < -0.39 is 5.91 Å². The van der Waals surface area contributed by atoms with Gasteiger partial charge in [-0.3, -0.25) is 14.4 Å².